The van der Waals surface area contributed by atoms with Gasteiger partial charge in [-0.15, -0.1) is 24.0 Å². The van der Waals surface area contributed by atoms with Crippen LogP contribution in [0.4, 0.5) is 0 Å². The van der Waals surface area contributed by atoms with Gasteiger partial charge < -0.3 is 19.9 Å². The van der Waals surface area contributed by atoms with Gasteiger partial charge in [0.05, 0.1) is 0 Å². The molecule has 0 aliphatic carbocycles. The van der Waals surface area contributed by atoms with Gasteiger partial charge in [-0.05, 0) is 42.5 Å². The van der Waals surface area contributed by atoms with E-state index in [1.807, 2.05) is 4.90 Å². The van der Waals surface area contributed by atoms with Gasteiger partial charge in [0.15, 0.2) is 5.96 Å². The van der Waals surface area contributed by atoms with E-state index >= 15 is 0 Å². The second kappa shape index (κ2) is 11.7. The first-order chi connectivity index (χ1) is 14.7. The Kier molecular flexibility index (Phi) is 8.95. The lowest BCUT2D eigenvalue weighted by atomic mass is 10.1. The standard InChI is InChI=1S/C24H32N4O2.HI/c1-2-25-24(26-12-11-19-9-10-20-6-3-4-7-21(20)18-19)28-15-13-27(14-16-28)23(29)22-8-5-17-30-22;/h3-4,6-7,9-10,18,22H,2,5,8,11-17H2,1H3,(H,25,26);1H. The molecule has 31 heavy (non-hydrogen) atoms. The summed E-state index contributed by atoms with van der Waals surface area (Å²) < 4.78 is 5.56. The molecule has 2 saturated heterocycles. The molecule has 0 radical (unpaired) electrons. The number of rotatable bonds is 5. The van der Waals surface area contributed by atoms with Crippen LogP contribution in [0.15, 0.2) is 47.5 Å². The highest BCUT2D eigenvalue weighted by Gasteiger charge is 2.30. The van der Waals surface area contributed by atoms with E-state index in [0.717, 1.165) is 64.5 Å². The van der Waals surface area contributed by atoms with Crippen molar-refractivity contribution in [2.75, 3.05) is 45.9 Å². The van der Waals surface area contributed by atoms with Crippen molar-refractivity contribution in [3.05, 3.63) is 48.0 Å². The number of halogens is 1. The molecule has 2 aliphatic rings. The monoisotopic (exact) mass is 536 g/mol. The quantitative estimate of drug-likeness (QED) is 0.362. The Balaban J connectivity index is 0.00000272. The third-order valence-corrected chi connectivity index (χ3v) is 5.91. The van der Waals surface area contributed by atoms with Crippen LogP contribution in [0, 0.1) is 0 Å². The van der Waals surface area contributed by atoms with Crippen molar-refractivity contribution >= 4 is 46.6 Å². The number of hydrogen-bond donors (Lipinski definition) is 1. The number of hydrogen-bond acceptors (Lipinski definition) is 3. The fourth-order valence-electron chi connectivity index (χ4n) is 4.23. The van der Waals surface area contributed by atoms with E-state index in [0.29, 0.717) is 6.61 Å². The van der Waals surface area contributed by atoms with Crippen LogP contribution in [0.1, 0.15) is 25.3 Å². The van der Waals surface area contributed by atoms with E-state index in [-0.39, 0.29) is 36.0 Å². The number of aliphatic imine (C=N–C) groups is 1. The van der Waals surface area contributed by atoms with Crippen LogP contribution in [0.5, 0.6) is 0 Å². The van der Waals surface area contributed by atoms with Gasteiger partial charge in [0, 0.05) is 45.9 Å². The minimum Gasteiger partial charge on any atom is -0.368 e. The zero-order valence-electron chi connectivity index (χ0n) is 18.3. The highest BCUT2D eigenvalue weighted by molar-refractivity contribution is 14.0. The van der Waals surface area contributed by atoms with Crippen LogP contribution >= 0.6 is 24.0 Å². The minimum atomic E-state index is -0.222. The Hall–Kier alpha value is -1.87. The lowest BCUT2D eigenvalue weighted by Gasteiger charge is -2.37. The molecule has 1 atom stereocenters. The van der Waals surface area contributed by atoms with Crippen LogP contribution in [-0.4, -0.2) is 73.6 Å². The maximum absolute atomic E-state index is 12.6. The van der Waals surface area contributed by atoms with E-state index in [9.17, 15) is 4.79 Å². The third-order valence-electron chi connectivity index (χ3n) is 5.91. The number of nitrogens with zero attached hydrogens (tertiary/aromatic N) is 3. The predicted molar refractivity (Wildman–Crippen MR) is 136 cm³/mol. The third kappa shape index (κ3) is 6.10. The molecule has 6 nitrogen and oxygen atoms in total. The average Bonchev–Trinajstić information content (AvgIpc) is 3.33. The molecule has 0 saturated carbocycles. The van der Waals surface area contributed by atoms with Crippen LogP contribution in [0.3, 0.4) is 0 Å². The molecule has 0 bridgehead atoms. The smallest absolute Gasteiger partial charge is 0.251 e. The van der Waals surface area contributed by atoms with Gasteiger partial charge in [0.2, 0.25) is 0 Å². The van der Waals surface area contributed by atoms with Gasteiger partial charge in [-0.3, -0.25) is 9.79 Å². The summed E-state index contributed by atoms with van der Waals surface area (Å²) in [6.07, 6.45) is 2.54. The van der Waals surface area contributed by atoms with Crippen molar-refractivity contribution in [2.45, 2.75) is 32.3 Å². The molecule has 168 valence electrons. The molecule has 2 heterocycles. The molecular formula is C24H33IN4O2. The van der Waals surface area contributed by atoms with Crippen molar-refractivity contribution in [3.63, 3.8) is 0 Å². The molecule has 1 amide bonds. The summed E-state index contributed by atoms with van der Waals surface area (Å²) >= 11 is 0. The van der Waals surface area contributed by atoms with Crippen LogP contribution < -0.4 is 5.32 Å². The second-order valence-electron chi connectivity index (χ2n) is 7.98. The SMILES string of the molecule is CCNC(=NCCc1ccc2ccccc2c1)N1CCN(C(=O)C2CCCO2)CC1.I. The first kappa shape index (κ1) is 23.8. The molecular weight excluding hydrogens is 503 g/mol. The number of ether oxygens (including phenoxy) is 1. The first-order valence-electron chi connectivity index (χ1n) is 11.2. The van der Waals surface area contributed by atoms with Crippen molar-refractivity contribution in [3.8, 4) is 0 Å². The lowest BCUT2D eigenvalue weighted by Crippen LogP contribution is -2.55. The summed E-state index contributed by atoms with van der Waals surface area (Å²) in [5, 5.41) is 5.96. The molecule has 1 N–H and O–H groups in total. The number of guanidine groups is 1. The summed E-state index contributed by atoms with van der Waals surface area (Å²) in [7, 11) is 0. The Morgan fingerprint density at radius 2 is 1.84 bits per heavy atom. The van der Waals surface area contributed by atoms with E-state index in [1.54, 1.807) is 0 Å². The molecule has 1 unspecified atom stereocenters. The van der Waals surface area contributed by atoms with Gasteiger partial charge >= 0.3 is 0 Å². The summed E-state index contributed by atoms with van der Waals surface area (Å²) in [4.78, 5) is 21.6. The first-order valence-corrected chi connectivity index (χ1v) is 11.2. The van der Waals surface area contributed by atoms with Crippen LogP contribution in [0.25, 0.3) is 10.8 Å². The van der Waals surface area contributed by atoms with E-state index in [2.05, 4.69) is 59.6 Å². The zero-order chi connectivity index (χ0) is 20.8. The fourth-order valence-corrected chi connectivity index (χ4v) is 4.23. The molecule has 2 aromatic rings. The van der Waals surface area contributed by atoms with E-state index in [1.165, 1.54) is 16.3 Å². The molecule has 4 rings (SSSR count). The van der Waals surface area contributed by atoms with Crippen LogP contribution in [-0.2, 0) is 16.0 Å². The maximum atomic E-state index is 12.6. The largest absolute Gasteiger partial charge is 0.368 e. The molecule has 2 fully saturated rings. The van der Waals surface area contributed by atoms with Gasteiger partial charge in [0.25, 0.3) is 5.91 Å². The summed E-state index contributed by atoms with van der Waals surface area (Å²) in [5.41, 5.74) is 1.31. The minimum absolute atomic E-state index is 0. The van der Waals surface area contributed by atoms with Crippen molar-refractivity contribution in [1.29, 1.82) is 0 Å². The highest BCUT2D eigenvalue weighted by atomic mass is 127. The normalized spacial score (nSPS) is 19.4. The zero-order valence-corrected chi connectivity index (χ0v) is 20.6. The van der Waals surface area contributed by atoms with Gasteiger partial charge in [-0.25, -0.2) is 0 Å². The van der Waals surface area contributed by atoms with E-state index < -0.39 is 0 Å². The average molecular weight is 536 g/mol. The van der Waals surface area contributed by atoms with Gasteiger partial charge in [-0.2, -0.15) is 0 Å². The second-order valence-corrected chi connectivity index (χ2v) is 7.98. The number of amides is 1. The number of fused-ring (bicyclic) bond motifs is 1. The molecule has 2 aromatic carbocycles. The molecule has 2 aliphatic heterocycles. The molecule has 0 aromatic heterocycles. The summed E-state index contributed by atoms with van der Waals surface area (Å²) in [6.45, 7) is 7.46. The van der Waals surface area contributed by atoms with Crippen molar-refractivity contribution in [1.82, 2.24) is 15.1 Å². The molecule has 0 spiro atoms. The molecule has 7 heteroatoms. The van der Waals surface area contributed by atoms with E-state index in [4.69, 9.17) is 9.73 Å². The lowest BCUT2D eigenvalue weighted by molar-refractivity contribution is -0.142. The summed E-state index contributed by atoms with van der Waals surface area (Å²) in [5.74, 6) is 1.10. The number of nitrogens with one attached hydrogen (secondary N) is 1. The summed E-state index contributed by atoms with van der Waals surface area (Å²) in [6, 6.07) is 15.1. The van der Waals surface area contributed by atoms with Gasteiger partial charge in [0.1, 0.15) is 6.10 Å². The van der Waals surface area contributed by atoms with Crippen molar-refractivity contribution < 1.29 is 9.53 Å². The highest BCUT2D eigenvalue weighted by Crippen LogP contribution is 2.17. The van der Waals surface area contributed by atoms with Crippen LogP contribution in [0.2, 0.25) is 0 Å². The Morgan fingerprint density at radius 1 is 1.10 bits per heavy atom. The predicted octanol–water partition coefficient (Wildman–Crippen LogP) is 3.29. The Morgan fingerprint density at radius 3 is 2.55 bits per heavy atom. The van der Waals surface area contributed by atoms with Gasteiger partial charge in [-0.1, -0.05) is 42.5 Å². The fraction of sp³-hybridized carbons (Fsp3) is 0.500. The number of piperazine rings is 1. The Bertz CT molecular complexity index is 890. The van der Waals surface area contributed by atoms with Crippen molar-refractivity contribution in [2.24, 2.45) is 4.99 Å². The number of benzene rings is 2. The topological polar surface area (TPSA) is 57.2 Å². The Labute approximate surface area is 202 Å². The number of carbonyl (C=O) groups excluding carboxylic acids is 1. The number of carbonyl (C=O) groups is 1. The maximum Gasteiger partial charge on any atom is 0.251 e.